The van der Waals surface area contributed by atoms with E-state index in [2.05, 4.69) is 32.3 Å². The minimum absolute atomic E-state index is 0. The molecular weight excluding hydrogens is 196 g/mol. The van der Waals surface area contributed by atoms with Crippen molar-refractivity contribution in [2.75, 3.05) is 12.3 Å². The maximum Gasteiger partial charge on any atom is -0.0381 e. The predicted octanol–water partition coefficient (Wildman–Crippen LogP) is 3.63. The van der Waals surface area contributed by atoms with Crippen LogP contribution in [0.2, 0.25) is 0 Å². The molecule has 0 aliphatic rings. The molecule has 2 atom stereocenters. The largest absolute Gasteiger partial charge is 0.269 e. The molecule has 0 aromatic rings. The van der Waals surface area contributed by atoms with Crippen molar-refractivity contribution in [3.8, 4) is 0 Å². The first kappa shape index (κ1) is 23.0. The molecule has 0 rings (SSSR count). The van der Waals surface area contributed by atoms with Gasteiger partial charge in [0.2, 0.25) is 0 Å². The van der Waals surface area contributed by atoms with Crippen LogP contribution < -0.4 is 0 Å². The van der Waals surface area contributed by atoms with Crippen LogP contribution >= 0.6 is 18.5 Å². The Hall–Kier alpha value is 0.720. The van der Waals surface area contributed by atoms with Crippen molar-refractivity contribution in [3.05, 3.63) is 0 Å². The van der Waals surface area contributed by atoms with Gasteiger partial charge >= 0.3 is 0 Å². The molecule has 0 spiro atoms. The van der Waals surface area contributed by atoms with E-state index in [0.717, 1.165) is 0 Å². The summed E-state index contributed by atoms with van der Waals surface area (Å²) in [4.78, 5) is 0. The normalized spacial score (nSPS) is 7.00. The van der Waals surface area contributed by atoms with Gasteiger partial charge in [-0.2, -0.15) is 0 Å². The smallest absolute Gasteiger partial charge is 0.0381 e. The minimum atomic E-state index is 0. The van der Waals surface area contributed by atoms with E-state index in [-0.39, 0.29) is 9.41 Å². The number of rotatable bonds is 4. The van der Waals surface area contributed by atoms with Gasteiger partial charge in [0.05, 0.1) is 0 Å². The fourth-order valence-electron chi connectivity index (χ4n) is 0.408. The molecule has 4 heteroatoms. The van der Waals surface area contributed by atoms with E-state index in [1.54, 1.807) is 0 Å². The molecule has 0 bridgehead atoms. The molecule has 0 radical (unpaired) electrons. The monoisotopic (exact) mass is 220 g/mol. The van der Waals surface area contributed by atoms with Crippen molar-refractivity contribution in [2.24, 2.45) is 0 Å². The molecule has 0 aliphatic carbocycles. The van der Waals surface area contributed by atoms with Crippen molar-refractivity contribution in [1.29, 1.82) is 0 Å². The Balaban J connectivity index is -0.0000000457. The molecule has 0 saturated carbocycles. The Bertz CT molecular complexity index is 36.0. The van der Waals surface area contributed by atoms with Crippen LogP contribution in [-0.2, 0) is 0 Å². The molecule has 0 N–H and O–H groups in total. The van der Waals surface area contributed by atoms with Gasteiger partial charge in [-0.15, -0.1) is 18.5 Å². The van der Waals surface area contributed by atoms with Crippen molar-refractivity contribution in [1.82, 2.24) is 0 Å². The Morgan fingerprint density at radius 1 is 0.750 bits per heavy atom. The summed E-state index contributed by atoms with van der Waals surface area (Å²) in [5.74, 6) is 0. The van der Waals surface area contributed by atoms with E-state index in [0.29, 0.717) is 0 Å². The third-order valence-corrected chi connectivity index (χ3v) is 1.93. The first-order valence-corrected chi connectivity index (χ1v) is 5.86. The number of unbranched alkanes of at least 4 members (excludes halogenated alkanes) is 2. The van der Waals surface area contributed by atoms with Crippen LogP contribution in [-0.4, -0.2) is 12.3 Å². The molecule has 0 heterocycles. The van der Waals surface area contributed by atoms with Crippen LogP contribution in [0.1, 0.15) is 39.5 Å². The topological polar surface area (TPSA) is 0 Å². The van der Waals surface area contributed by atoms with Crippen molar-refractivity contribution in [2.45, 2.75) is 39.5 Å². The molecule has 0 aromatic heterocycles. The second kappa shape index (κ2) is 29.8. The molecule has 0 amide bonds. The summed E-state index contributed by atoms with van der Waals surface area (Å²) in [6.45, 7) is 4.40. The highest BCUT2D eigenvalue weighted by molar-refractivity contribution is 7.16. The average molecular weight is 220 g/mol. The first-order chi connectivity index (χ1) is 4.83. The highest BCUT2D eigenvalue weighted by Gasteiger charge is 1.68. The number of hydrogen-bond acceptors (Lipinski definition) is 0. The zero-order valence-corrected chi connectivity index (χ0v) is 10.5. The maximum atomic E-state index is 2.70. The molecule has 0 saturated heterocycles. The fourth-order valence-corrected chi connectivity index (χ4v) is 1.22. The predicted molar refractivity (Wildman–Crippen MR) is 64.0 cm³/mol. The molecule has 0 nitrogen and oxygen atoms in total. The summed E-state index contributed by atoms with van der Waals surface area (Å²) >= 11 is 0. The molecule has 0 aliphatic heterocycles. The third-order valence-electron chi connectivity index (χ3n) is 1.12. The van der Waals surface area contributed by atoms with Gasteiger partial charge in [0, 0.05) is 0 Å². The summed E-state index contributed by atoms with van der Waals surface area (Å²) < 4.78 is 0. The van der Waals surface area contributed by atoms with Gasteiger partial charge in [-0.05, 0) is 12.3 Å². The highest BCUT2D eigenvalue weighted by atomic mass is 31.0. The zero-order valence-electron chi connectivity index (χ0n) is 8.21. The van der Waals surface area contributed by atoms with Gasteiger partial charge in [0.1, 0.15) is 0 Å². The second-order valence-corrected chi connectivity index (χ2v) is 3.44. The molecule has 0 aromatic carbocycles. The average Bonchev–Trinajstić information content (AvgIpc) is 1.93. The molecular formula is C8H24F2P2. The molecule has 12 heavy (non-hydrogen) atoms. The lowest BCUT2D eigenvalue weighted by Gasteiger charge is -1.79. The highest BCUT2D eigenvalue weighted by Crippen LogP contribution is 1.90. The van der Waals surface area contributed by atoms with Gasteiger partial charge in [0.25, 0.3) is 0 Å². The van der Waals surface area contributed by atoms with Crippen molar-refractivity contribution >= 4 is 18.5 Å². The van der Waals surface area contributed by atoms with E-state index in [9.17, 15) is 0 Å². The van der Waals surface area contributed by atoms with E-state index < -0.39 is 0 Å². The van der Waals surface area contributed by atoms with Crippen LogP contribution in [0.3, 0.4) is 0 Å². The zero-order chi connectivity index (χ0) is 8.24. The van der Waals surface area contributed by atoms with Gasteiger partial charge in [-0.1, -0.05) is 39.5 Å². The summed E-state index contributed by atoms with van der Waals surface area (Å²) in [5.41, 5.74) is 0. The Morgan fingerprint density at radius 3 is 1.00 bits per heavy atom. The van der Waals surface area contributed by atoms with E-state index in [4.69, 9.17) is 0 Å². The Morgan fingerprint density at radius 2 is 1.00 bits per heavy atom. The summed E-state index contributed by atoms with van der Waals surface area (Å²) in [6.07, 6.45) is 7.87. The van der Waals surface area contributed by atoms with Crippen LogP contribution in [0.25, 0.3) is 0 Å². The maximum absolute atomic E-state index is 2.70. The van der Waals surface area contributed by atoms with E-state index >= 15 is 0 Å². The van der Waals surface area contributed by atoms with Crippen LogP contribution in [0, 0.1) is 0 Å². The van der Waals surface area contributed by atoms with E-state index in [1.165, 1.54) is 38.0 Å². The summed E-state index contributed by atoms with van der Waals surface area (Å²) in [5, 5.41) is 0. The Labute approximate surface area is 80.4 Å². The molecule has 2 unspecified atom stereocenters. The SMILES string of the molecule is CCCCP.CCCCP.F.F. The minimum Gasteiger partial charge on any atom is -0.269 e. The Kier molecular flexibility index (Phi) is 57.1. The van der Waals surface area contributed by atoms with Gasteiger partial charge in [-0.25, -0.2) is 0 Å². The first-order valence-electron chi connectivity index (χ1n) is 4.23. The number of hydrogen-bond donors (Lipinski definition) is 0. The lowest BCUT2D eigenvalue weighted by atomic mass is 10.4. The van der Waals surface area contributed by atoms with Crippen LogP contribution in [0.4, 0.5) is 9.41 Å². The number of halogens is 2. The lowest BCUT2D eigenvalue weighted by molar-refractivity contribution is 0.897. The van der Waals surface area contributed by atoms with Crippen molar-refractivity contribution in [3.63, 3.8) is 0 Å². The summed E-state index contributed by atoms with van der Waals surface area (Å²) in [6, 6.07) is 0. The van der Waals surface area contributed by atoms with Crippen molar-refractivity contribution < 1.29 is 9.41 Å². The summed E-state index contributed by atoms with van der Waals surface area (Å²) in [7, 11) is 5.40. The van der Waals surface area contributed by atoms with Crippen LogP contribution in [0.5, 0.6) is 0 Å². The standard InChI is InChI=1S/2C4H11P.2FH/c2*1-2-3-4-5;;/h2*2-5H2,1H3;2*1H. The van der Waals surface area contributed by atoms with E-state index in [1.807, 2.05) is 0 Å². The molecule has 80 valence electrons. The van der Waals surface area contributed by atoms with Crippen LogP contribution in [0.15, 0.2) is 0 Å². The molecule has 0 fully saturated rings. The van der Waals surface area contributed by atoms with Gasteiger partial charge in [0.15, 0.2) is 0 Å². The fraction of sp³-hybridized carbons (Fsp3) is 1.00. The van der Waals surface area contributed by atoms with Gasteiger partial charge < -0.3 is 0 Å². The lowest BCUT2D eigenvalue weighted by Crippen LogP contribution is -1.64. The third kappa shape index (κ3) is 45.5. The second-order valence-electron chi connectivity index (χ2n) is 2.28. The quantitative estimate of drug-likeness (QED) is 0.635. The van der Waals surface area contributed by atoms with Gasteiger partial charge in [-0.3, -0.25) is 9.41 Å².